The zero-order valence-corrected chi connectivity index (χ0v) is 35.4. The first-order valence-electron chi connectivity index (χ1n) is 19.1. The number of rotatable bonds is 5. The zero-order chi connectivity index (χ0) is 43.1. The molecule has 0 spiro atoms. The molecule has 10 rings (SSSR count). The largest absolute Gasteiger partial charge is 0.283 e. The number of carbonyl (C=O) groups is 4. The van der Waals surface area contributed by atoms with Crippen LogP contribution < -0.4 is 0 Å². The van der Waals surface area contributed by atoms with E-state index in [4.69, 9.17) is 39.8 Å². The number of H-pyrrole nitrogens is 1. The molecule has 4 amide bonds. The Labute approximate surface area is 364 Å². The van der Waals surface area contributed by atoms with E-state index >= 15 is 0 Å². The van der Waals surface area contributed by atoms with Crippen LogP contribution in [0.25, 0.3) is 27.6 Å². The van der Waals surface area contributed by atoms with Crippen LogP contribution in [0, 0.1) is 13.8 Å². The van der Waals surface area contributed by atoms with Gasteiger partial charge in [0.1, 0.15) is 5.15 Å². The molecule has 2 atom stereocenters. The molecule has 1 N–H and O–H groups in total. The molecule has 0 fully saturated rings. The van der Waals surface area contributed by atoms with Crippen LogP contribution in [0.3, 0.4) is 0 Å². The number of aryl methyl sites for hydroxylation is 2. The second-order valence-corrected chi connectivity index (χ2v) is 15.6. The maximum Gasteiger partial charge on any atom is 0.262 e. The highest BCUT2D eigenvalue weighted by molar-refractivity contribution is 6.36. The Morgan fingerprint density at radius 3 is 1.48 bits per heavy atom. The van der Waals surface area contributed by atoms with Gasteiger partial charge in [0.15, 0.2) is 5.82 Å². The number of para-hydroxylation sites is 2. The molecule has 2 aliphatic rings. The lowest BCUT2D eigenvalue weighted by Crippen LogP contribution is -2.33. The van der Waals surface area contributed by atoms with E-state index in [9.17, 15) is 19.2 Å². The van der Waals surface area contributed by atoms with Crippen molar-refractivity contribution in [1.82, 2.24) is 39.7 Å². The van der Waals surface area contributed by atoms with Gasteiger partial charge in [-0.05, 0) is 88.4 Å². The van der Waals surface area contributed by atoms with Crippen LogP contribution >= 0.6 is 34.8 Å². The first kappa shape index (κ1) is 41.0. The minimum Gasteiger partial charge on any atom is -0.283 e. The second-order valence-electron chi connectivity index (χ2n) is 14.4. The maximum absolute atomic E-state index is 13.0. The molecule has 4 aromatic heterocycles. The summed E-state index contributed by atoms with van der Waals surface area (Å²) in [5.41, 5.74) is 6.14. The molecule has 0 aliphatic carbocycles. The van der Waals surface area contributed by atoms with Crippen LogP contribution in [0.2, 0.25) is 15.2 Å². The van der Waals surface area contributed by atoms with Crippen LogP contribution in [-0.2, 0) is 0 Å². The number of amides is 4. The molecule has 304 valence electrons. The third kappa shape index (κ3) is 7.65. The quantitative estimate of drug-likeness (QED) is 0.133. The molecule has 0 unspecified atom stereocenters. The number of aromatic nitrogens is 6. The minimum atomic E-state index is -0.548. The summed E-state index contributed by atoms with van der Waals surface area (Å²) < 4.78 is 1.65. The van der Waals surface area contributed by atoms with Gasteiger partial charge in [0.25, 0.3) is 23.6 Å². The highest BCUT2D eigenvalue weighted by Gasteiger charge is 2.41. The lowest BCUT2D eigenvalue weighted by Gasteiger charge is -2.25. The van der Waals surface area contributed by atoms with Gasteiger partial charge < -0.3 is 0 Å². The number of fused-ring (bicyclic) bond motifs is 4. The van der Waals surface area contributed by atoms with Crippen molar-refractivity contribution in [3.05, 3.63) is 182 Å². The van der Waals surface area contributed by atoms with Crippen LogP contribution in [0.5, 0.6) is 0 Å². The molecular formula is C46H35Cl3N8O4. The number of aromatic amines is 1. The summed E-state index contributed by atoms with van der Waals surface area (Å²) in [6.07, 6.45) is 3.54. The first-order valence-corrected chi connectivity index (χ1v) is 20.2. The summed E-state index contributed by atoms with van der Waals surface area (Å²) >= 11 is 18.9. The Morgan fingerprint density at radius 1 is 0.574 bits per heavy atom. The van der Waals surface area contributed by atoms with E-state index in [0.717, 1.165) is 22.2 Å². The number of pyridine rings is 2. The fraction of sp³-hybridized carbons (Fsp3) is 0.130. The number of halogens is 3. The summed E-state index contributed by atoms with van der Waals surface area (Å²) in [6, 6.07) is 31.1. The van der Waals surface area contributed by atoms with Crippen molar-refractivity contribution in [2.45, 2.75) is 39.8 Å². The highest BCUT2D eigenvalue weighted by Crippen LogP contribution is 2.37. The number of nitrogens with one attached hydrogen (secondary N) is 1. The third-order valence-electron chi connectivity index (χ3n) is 10.5. The average Bonchev–Trinajstić information content (AvgIpc) is 4.04. The number of carbonyl (C=O) groups excluding carboxylic acids is 4. The number of hydrogen-bond donors (Lipinski definition) is 1. The SMILES string of the molecule is C[C@@H](c1cc2cccc(Cl)c2nc1Cl)N1C(=O)c2ccccc2C1=O.Cc1ccn(-c2nc3c(Cl)cccc3cc2[C@H](C)N2C(=O)c3ccccc3C2=O)n1.Cc1ccn[nH]1. The van der Waals surface area contributed by atoms with Crippen molar-refractivity contribution in [2.24, 2.45) is 0 Å². The van der Waals surface area contributed by atoms with Crippen LogP contribution in [0.4, 0.5) is 0 Å². The van der Waals surface area contributed by atoms with Gasteiger partial charge in [-0.3, -0.25) is 34.1 Å². The van der Waals surface area contributed by atoms with Gasteiger partial charge in [-0.2, -0.15) is 10.2 Å². The predicted molar refractivity (Wildman–Crippen MR) is 234 cm³/mol. The molecule has 15 heteroatoms. The van der Waals surface area contributed by atoms with Crippen molar-refractivity contribution in [1.29, 1.82) is 0 Å². The fourth-order valence-electron chi connectivity index (χ4n) is 7.37. The van der Waals surface area contributed by atoms with Crippen molar-refractivity contribution < 1.29 is 19.2 Å². The van der Waals surface area contributed by atoms with Crippen molar-refractivity contribution in [3.63, 3.8) is 0 Å². The molecule has 61 heavy (non-hydrogen) atoms. The Hall–Kier alpha value is -6.73. The van der Waals surface area contributed by atoms with Crippen molar-refractivity contribution >= 4 is 80.2 Å². The molecule has 0 saturated heterocycles. The van der Waals surface area contributed by atoms with Gasteiger partial charge >= 0.3 is 0 Å². The molecule has 6 heterocycles. The van der Waals surface area contributed by atoms with E-state index in [1.807, 2.05) is 69.3 Å². The normalized spacial score (nSPS) is 14.1. The Bertz CT molecular complexity index is 2970. The standard InChI is InChI=1S/C23H17ClN4O2.C19H12Cl2N2O2.C4H6N2/c1-13-10-11-27(26-13)21-18(12-15-6-5-9-19(24)20(15)25-21)14(2)28-22(29)16-7-3-4-8-17(16)23(28)30;1-10(23-18(24)12-6-2-3-7-13(12)19(23)25)14-9-11-5-4-8-15(20)16(11)22-17(14)21;1-4-2-3-5-6-4/h3-12,14H,1-2H3;2-10H,1H3;2-3H,1H3,(H,5,6)/t14-;10-;/m00./s1. The van der Waals surface area contributed by atoms with Crippen LogP contribution in [0.15, 0.2) is 122 Å². The second kappa shape index (κ2) is 16.7. The summed E-state index contributed by atoms with van der Waals surface area (Å²) in [7, 11) is 0. The molecule has 8 aromatic rings. The van der Waals surface area contributed by atoms with Gasteiger partial charge in [0.05, 0.1) is 61.1 Å². The summed E-state index contributed by atoms with van der Waals surface area (Å²) in [5, 5.41) is 13.8. The number of imide groups is 2. The topological polar surface area (TPSA) is 147 Å². The van der Waals surface area contributed by atoms with Gasteiger partial charge in [0.2, 0.25) is 0 Å². The molecule has 0 radical (unpaired) electrons. The summed E-state index contributed by atoms with van der Waals surface area (Å²) in [5.74, 6) is -0.729. The molecule has 0 saturated carbocycles. The Balaban J connectivity index is 0.000000150. The van der Waals surface area contributed by atoms with Gasteiger partial charge in [-0.15, -0.1) is 0 Å². The smallest absolute Gasteiger partial charge is 0.262 e. The number of benzene rings is 4. The summed E-state index contributed by atoms with van der Waals surface area (Å²) in [6.45, 7) is 7.45. The van der Waals surface area contributed by atoms with Gasteiger partial charge in [-0.1, -0.05) is 83.3 Å². The molecular weight excluding hydrogens is 835 g/mol. The monoisotopic (exact) mass is 868 g/mol. The molecule has 0 bridgehead atoms. The Kier molecular flexibility index (Phi) is 11.3. The van der Waals surface area contributed by atoms with Gasteiger partial charge in [-0.25, -0.2) is 14.6 Å². The van der Waals surface area contributed by atoms with E-state index < -0.39 is 12.1 Å². The lowest BCUT2D eigenvalue weighted by molar-refractivity contribution is 0.0579. The van der Waals surface area contributed by atoms with E-state index in [2.05, 4.69) is 20.3 Å². The molecule has 12 nitrogen and oxygen atoms in total. The molecule has 4 aromatic carbocycles. The maximum atomic E-state index is 13.0. The minimum absolute atomic E-state index is 0.227. The molecule has 2 aliphatic heterocycles. The van der Waals surface area contributed by atoms with Crippen LogP contribution in [-0.4, -0.2) is 63.4 Å². The third-order valence-corrected chi connectivity index (χ3v) is 11.4. The lowest BCUT2D eigenvalue weighted by atomic mass is 10.0. The summed E-state index contributed by atoms with van der Waals surface area (Å²) in [4.78, 5) is 63.0. The number of hydrogen-bond acceptors (Lipinski definition) is 8. The van der Waals surface area contributed by atoms with Gasteiger partial charge in [0, 0.05) is 40.0 Å². The predicted octanol–water partition coefficient (Wildman–Crippen LogP) is 10.4. The van der Waals surface area contributed by atoms with E-state index in [1.54, 1.807) is 84.7 Å². The highest BCUT2D eigenvalue weighted by atomic mass is 35.5. The van der Waals surface area contributed by atoms with Crippen LogP contribution in [0.1, 0.15) is 89.9 Å². The average molecular weight is 870 g/mol. The van der Waals surface area contributed by atoms with E-state index in [0.29, 0.717) is 60.3 Å². The van der Waals surface area contributed by atoms with Crippen molar-refractivity contribution in [3.8, 4) is 5.82 Å². The van der Waals surface area contributed by atoms with Crippen molar-refractivity contribution in [2.75, 3.05) is 0 Å². The Morgan fingerprint density at radius 2 is 1.05 bits per heavy atom. The van der Waals surface area contributed by atoms with E-state index in [-0.39, 0.29) is 28.8 Å². The van der Waals surface area contributed by atoms with E-state index in [1.165, 1.54) is 9.80 Å². The zero-order valence-electron chi connectivity index (χ0n) is 33.1. The first-order chi connectivity index (χ1) is 29.3. The number of nitrogens with zero attached hydrogens (tertiary/aromatic N) is 7. The fourth-order valence-corrected chi connectivity index (χ4v) is 8.11.